The molecule has 29 heavy (non-hydrogen) atoms. The molecule has 1 saturated heterocycles. The number of nitrogens with one attached hydrogen (secondary N) is 1. The molecule has 1 fully saturated rings. The van der Waals surface area contributed by atoms with Crippen molar-refractivity contribution in [2.75, 3.05) is 18.5 Å². The quantitative estimate of drug-likeness (QED) is 0.525. The van der Waals surface area contributed by atoms with E-state index in [9.17, 15) is 9.59 Å². The molecule has 7 heteroatoms. The Bertz CT molecular complexity index is 971. The van der Waals surface area contributed by atoms with Crippen LogP contribution in [0, 0.1) is 0 Å². The first kappa shape index (κ1) is 20.8. The maximum absolute atomic E-state index is 12.6. The molecule has 0 spiro atoms. The minimum absolute atomic E-state index is 0.148. The number of nitrogens with zero attached hydrogens (tertiary/aromatic N) is 1. The number of thiocarbonyl (C=S) groups is 1. The predicted molar refractivity (Wildman–Crippen MR) is 122 cm³/mol. The summed E-state index contributed by atoms with van der Waals surface area (Å²) in [7, 11) is 0. The summed E-state index contributed by atoms with van der Waals surface area (Å²) in [6, 6.07) is 16.9. The zero-order valence-electron chi connectivity index (χ0n) is 15.8. The van der Waals surface area contributed by atoms with Gasteiger partial charge in [-0.2, -0.15) is 0 Å². The van der Waals surface area contributed by atoms with E-state index in [2.05, 4.69) is 5.32 Å². The largest absolute Gasteiger partial charge is 0.492 e. The Hall–Kier alpha value is -2.90. The second-order valence-corrected chi connectivity index (χ2v) is 7.71. The monoisotopic (exact) mass is 424 g/mol. The number of allylic oxidation sites excluding steroid dienone is 2. The van der Waals surface area contributed by atoms with Crippen LogP contribution in [0.4, 0.5) is 5.69 Å². The lowest BCUT2D eigenvalue weighted by atomic mass is 10.2. The zero-order chi connectivity index (χ0) is 20.6. The van der Waals surface area contributed by atoms with Gasteiger partial charge < -0.3 is 10.1 Å². The Morgan fingerprint density at radius 2 is 1.90 bits per heavy atom. The van der Waals surface area contributed by atoms with E-state index >= 15 is 0 Å². The van der Waals surface area contributed by atoms with E-state index in [0.717, 1.165) is 5.56 Å². The van der Waals surface area contributed by atoms with Crippen molar-refractivity contribution in [2.45, 2.75) is 6.92 Å². The van der Waals surface area contributed by atoms with Gasteiger partial charge in [0.1, 0.15) is 16.6 Å². The van der Waals surface area contributed by atoms with Crippen LogP contribution in [-0.4, -0.2) is 34.2 Å². The van der Waals surface area contributed by atoms with E-state index in [1.165, 1.54) is 16.7 Å². The number of hydrogen-bond acceptors (Lipinski definition) is 5. The van der Waals surface area contributed by atoms with Gasteiger partial charge in [-0.1, -0.05) is 78.6 Å². The highest BCUT2D eigenvalue weighted by Crippen LogP contribution is 2.31. The predicted octanol–water partition coefficient (Wildman–Crippen LogP) is 4.48. The van der Waals surface area contributed by atoms with Gasteiger partial charge in [0, 0.05) is 0 Å². The molecule has 0 bridgehead atoms. The molecule has 2 aromatic carbocycles. The fourth-order valence-corrected chi connectivity index (χ4v) is 3.85. The van der Waals surface area contributed by atoms with E-state index in [-0.39, 0.29) is 18.4 Å². The van der Waals surface area contributed by atoms with Crippen LogP contribution in [-0.2, 0) is 9.59 Å². The van der Waals surface area contributed by atoms with Gasteiger partial charge >= 0.3 is 0 Å². The van der Waals surface area contributed by atoms with Crippen LogP contribution in [0.15, 0.2) is 71.7 Å². The highest BCUT2D eigenvalue weighted by atomic mass is 32.2. The number of ether oxygens (including phenoxy) is 1. The number of rotatable bonds is 7. The Labute approximate surface area is 179 Å². The van der Waals surface area contributed by atoms with Crippen molar-refractivity contribution in [3.63, 3.8) is 0 Å². The van der Waals surface area contributed by atoms with E-state index < -0.39 is 0 Å². The molecule has 0 radical (unpaired) electrons. The maximum atomic E-state index is 12.6. The average molecular weight is 425 g/mol. The molecule has 0 atom stereocenters. The highest BCUT2D eigenvalue weighted by Gasteiger charge is 2.33. The van der Waals surface area contributed by atoms with Gasteiger partial charge in [0.25, 0.3) is 5.91 Å². The molecule has 1 aliphatic rings. The topological polar surface area (TPSA) is 58.6 Å². The lowest BCUT2D eigenvalue weighted by molar-refractivity contribution is -0.126. The molecule has 3 rings (SSSR count). The van der Waals surface area contributed by atoms with Gasteiger partial charge in [0.05, 0.1) is 17.2 Å². The lowest BCUT2D eigenvalue weighted by Crippen LogP contribution is -2.36. The van der Waals surface area contributed by atoms with Gasteiger partial charge in [-0.3, -0.25) is 14.5 Å². The van der Waals surface area contributed by atoms with Crippen LogP contribution in [0.25, 0.3) is 6.08 Å². The molecule has 0 aliphatic carbocycles. The van der Waals surface area contributed by atoms with Crippen molar-refractivity contribution in [3.05, 3.63) is 77.2 Å². The summed E-state index contributed by atoms with van der Waals surface area (Å²) < 4.78 is 5.87. The number of anilines is 1. The van der Waals surface area contributed by atoms with E-state index in [1.54, 1.807) is 30.4 Å². The summed E-state index contributed by atoms with van der Waals surface area (Å²) in [5.74, 6) is -0.0276. The second kappa shape index (κ2) is 10.0. The van der Waals surface area contributed by atoms with Crippen LogP contribution in [0.5, 0.6) is 5.75 Å². The van der Waals surface area contributed by atoms with Crippen molar-refractivity contribution in [3.8, 4) is 5.75 Å². The summed E-state index contributed by atoms with van der Waals surface area (Å²) in [4.78, 5) is 26.9. The van der Waals surface area contributed by atoms with Gasteiger partial charge in [0.2, 0.25) is 5.91 Å². The van der Waals surface area contributed by atoms with Crippen LogP contribution >= 0.6 is 24.0 Å². The van der Waals surface area contributed by atoms with Gasteiger partial charge in [-0.15, -0.1) is 0 Å². The summed E-state index contributed by atoms with van der Waals surface area (Å²) in [5.41, 5.74) is 1.60. The molecule has 0 aromatic heterocycles. The van der Waals surface area contributed by atoms with Gasteiger partial charge in [0.15, 0.2) is 0 Å². The van der Waals surface area contributed by atoms with E-state index in [4.69, 9.17) is 17.0 Å². The first-order chi connectivity index (χ1) is 14.1. The molecule has 0 saturated carbocycles. The fraction of sp³-hybridized carbons (Fsp3) is 0.136. The fourth-order valence-electron chi connectivity index (χ4n) is 2.65. The lowest BCUT2D eigenvalue weighted by Gasteiger charge is -2.15. The van der Waals surface area contributed by atoms with E-state index in [0.29, 0.717) is 27.3 Å². The number of carbonyl (C=O) groups is 2. The molecule has 2 amide bonds. The summed E-state index contributed by atoms with van der Waals surface area (Å²) in [6.45, 7) is 2.21. The third-order valence-corrected chi connectivity index (χ3v) is 5.37. The second-order valence-electron chi connectivity index (χ2n) is 6.04. The average Bonchev–Trinajstić information content (AvgIpc) is 2.98. The first-order valence-electron chi connectivity index (χ1n) is 9.07. The number of thioether (sulfide) groups is 1. The third-order valence-electron chi connectivity index (χ3n) is 3.97. The smallest absolute Gasteiger partial charge is 0.266 e. The Morgan fingerprint density at radius 3 is 2.66 bits per heavy atom. The minimum atomic E-state index is -0.338. The van der Waals surface area contributed by atoms with Crippen LogP contribution < -0.4 is 10.1 Å². The molecule has 1 heterocycles. The SMILES string of the molecule is CCOc1ccccc1NC(=O)CN1C(=O)C(=CC=Cc2ccccc2)SC1=S. The van der Waals surface area contributed by atoms with Crippen LogP contribution in [0.2, 0.25) is 0 Å². The maximum Gasteiger partial charge on any atom is 0.266 e. The molecule has 148 valence electrons. The Morgan fingerprint density at radius 1 is 1.17 bits per heavy atom. The standard InChI is InChI=1S/C22H20N2O3S2/c1-2-27-18-13-7-6-12-17(18)23-20(25)15-24-21(26)19(29-22(24)28)14-8-11-16-9-4-3-5-10-16/h3-14H,2,15H2,1H3,(H,23,25). The molecule has 0 unspecified atom stereocenters. The minimum Gasteiger partial charge on any atom is -0.492 e. The molecule has 5 nitrogen and oxygen atoms in total. The Kier molecular flexibility index (Phi) is 7.21. The van der Waals surface area contributed by atoms with Gasteiger partial charge in [-0.25, -0.2) is 0 Å². The third kappa shape index (κ3) is 5.56. The summed E-state index contributed by atoms with van der Waals surface area (Å²) >= 11 is 6.48. The first-order valence-corrected chi connectivity index (χ1v) is 10.3. The summed E-state index contributed by atoms with van der Waals surface area (Å²) in [5, 5.41) is 2.78. The van der Waals surface area contributed by atoms with Crippen LogP contribution in [0.3, 0.4) is 0 Å². The van der Waals surface area contributed by atoms with E-state index in [1.807, 2.05) is 49.4 Å². The number of benzene rings is 2. The Balaban J connectivity index is 1.63. The normalized spacial score (nSPS) is 15.3. The molecular weight excluding hydrogens is 404 g/mol. The molecule has 2 aromatic rings. The molecule has 1 aliphatic heterocycles. The summed E-state index contributed by atoms with van der Waals surface area (Å²) in [6.07, 6.45) is 5.43. The molecule has 1 N–H and O–H groups in total. The van der Waals surface area contributed by atoms with Crippen molar-refractivity contribution < 1.29 is 14.3 Å². The van der Waals surface area contributed by atoms with Crippen molar-refractivity contribution in [1.82, 2.24) is 4.90 Å². The number of amides is 2. The number of carbonyl (C=O) groups excluding carboxylic acids is 2. The van der Waals surface area contributed by atoms with Crippen molar-refractivity contribution >= 4 is 51.9 Å². The van der Waals surface area contributed by atoms with Gasteiger partial charge in [-0.05, 0) is 30.7 Å². The van der Waals surface area contributed by atoms with Crippen LogP contribution in [0.1, 0.15) is 12.5 Å². The highest BCUT2D eigenvalue weighted by molar-refractivity contribution is 8.26. The zero-order valence-corrected chi connectivity index (χ0v) is 17.5. The van der Waals surface area contributed by atoms with Crippen molar-refractivity contribution in [1.29, 1.82) is 0 Å². The number of hydrogen-bond donors (Lipinski definition) is 1. The van der Waals surface area contributed by atoms with Crippen molar-refractivity contribution in [2.24, 2.45) is 0 Å². The number of para-hydroxylation sites is 2. The molecular formula is C22H20N2O3S2.